The van der Waals surface area contributed by atoms with Crippen molar-refractivity contribution in [2.45, 2.75) is 140 Å². The molecule has 0 radical (unpaired) electrons. The van der Waals surface area contributed by atoms with Crippen LogP contribution in [0, 0.1) is 0 Å². The van der Waals surface area contributed by atoms with Crippen molar-refractivity contribution in [2.75, 3.05) is 13.2 Å². The third kappa shape index (κ3) is 11.4. The van der Waals surface area contributed by atoms with Gasteiger partial charge in [0.05, 0.1) is 11.1 Å². The second kappa shape index (κ2) is 21.0. The zero-order chi connectivity index (χ0) is 46.4. The Morgan fingerprint density at radius 1 is 0.656 bits per heavy atom. The van der Waals surface area contributed by atoms with E-state index in [0.29, 0.717) is 15.9 Å². The molecule has 2 aliphatic heterocycles. The van der Waals surface area contributed by atoms with Crippen molar-refractivity contribution in [3.05, 3.63) is 51.1 Å². The van der Waals surface area contributed by atoms with Gasteiger partial charge in [-0.1, -0.05) is 30.0 Å². The standard InChI is InChI=1S/C42H48N2O18S2/c1-19(45)53-17-28-32(55-21(3)47)34(56-22(4)48)36(58-24(6)50)40(60-28)62-33-29(18-54-20(2)46)61-41(37(59-25(7)51)35(33)57-23(5)49)64-42-43-38-31(27-15-11-12-16-30(27)63-38)39(52)44(42)26-13-9-8-10-14-26/h8-10,13-14,28-29,32-37,40-41H,11-12,15-18H2,1-7H3/t28-,29-,32+,33-,34+,35+,36-,37-,40+,41-/m0/s1. The Morgan fingerprint density at radius 2 is 1.17 bits per heavy atom. The van der Waals surface area contributed by atoms with Gasteiger partial charge in [0, 0.05) is 53.3 Å². The quantitative estimate of drug-likeness (QED) is 0.128. The van der Waals surface area contributed by atoms with Gasteiger partial charge in [0.25, 0.3) is 5.56 Å². The molecule has 0 amide bonds. The number of fused-ring (bicyclic) bond motifs is 3. The van der Waals surface area contributed by atoms with Crippen molar-refractivity contribution in [1.29, 1.82) is 0 Å². The van der Waals surface area contributed by atoms with Crippen LogP contribution in [0.5, 0.6) is 0 Å². The van der Waals surface area contributed by atoms with Crippen LogP contribution in [-0.4, -0.2) is 125 Å². The second-order valence-corrected chi connectivity index (χ2v) is 17.2. The SMILES string of the molecule is CC(=O)OC[C@@H]1O[C@@H](Sc2nc3sc4c(c3c(=O)n2-c2ccccc2)CCCC4)[C@@H](OC(C)=O)[C@H](OC(C)=O)[C@H]1O[C@H]1O[C@@H](COC(C)=O)[C@@H](OC(C)=O)[C@@H](OC(C)=O)[C@@H]1OC(C)=O. The molecule has 0 unspecified atom stereocenters. The highest BCUT2D eigenvalue weighted by atomic mass is 32.2. The number of carbonyl (C=O) groups is 7. The first kappa shape index (κ1) is 48.0. The molecule has 10 atom stereocenters. The molecule has 2 saturated heterocycles. The molecule has 64 heavy (non-hydrogen) atoms. The molecule has 1 aliphatic carbocycles. The van der Waals surface area contributed by atoms with E-state index in [0.717, 1.165) is 96.4 Å². The lowest BCUT2D eigenvalue weighted by atomic mass is 9.96. The first-order valence-corrected chi connectivity index (χ1v) is 22.0. The highest BCUT2D eigenvalue weighted by Gasteiger charge is 2.57. The fourth-order valence-corrected chi connectivity index (χ4v) is 10.2. The minimum atomic E-state index is -1.84. The van der Waals surface area contributed by atoms with Crippen LogP contribution in [0.15, 0.2) is 40.3 Å². The normalized spacial score (nSPS) is 26.4. The number of benzene rings is 1. The van der Waals surface area contributed by atoms with Gasteiger partial charge >= 0.3 is 41.8 Å². The minimum absolute atomic E-state index is 0.121. The molecule has 1 aromatic carbocycles. The lowest BCUT2D eigenvalue weighted by Crippen LogP contribution is -2.66. The predicted octanol–water partition coefficient (Wildman–Crippen LogP) is 3.04. The fraction of sp³-hybridized carbons (Fsp3) is 0.548. The number of thiophene rings is 1. The molecule has 2 fully saturated rings. The van der Waals surface area contributed by atoms with Crippen LogP contribution in [-0.2, 0) is 93.8 Å². The van der Waals surface area contributed by atoms with Gasteiger partial charge in [0.2, 0.25) is 0 Å². The zero-order valence-corrected chi connectivity index (χ0v) is 37.6. The van der Waals surface area contributed by atoms with Crippen molar-refractivity contribution in [2.24, 2.45) is 0 Å². The monoisotopic (exact) mass is 932 g/mol. The molecular formula is C42H48N2O18S2. The third-order valence-electron chi connectivity index (χ3n) is 10.1. The number of esters is 7. The summed E-state index contributed by atoms with van der Waals surface area (Å²) in [5.74, 6) is -5.96. The summed E-state index contributed by atoms with van der Waals surface area (Å²) in [6.07, 6.45) is -11.1. The molecule has 20 nitrogen and oxygen atoms in total. The predicted molar refractivity (Wildman–Crippen MR) is 221 cm³/mol. The number of aromatic nitrogens is 2. The number of hydrogen-bond donors (Lipinski definition) is 0. The van der Waals surface area contributed by atoms with Crippen LogP contribution in [0.1, 0.15) is 71.7 Å². The van der Waals surface area contributed by atoms with Crippen molar-refractivity contribution >= 4 is 75.1 Å². The average molecular weight is 933 g/mol. The number of ether oxygens (including phenoxy) is 10. The fourth-order valence-electron chi connectivity index (χ4n) is 7.74. The molecule has 0 spiro atoms. The molecule has 4 heterocycles. The van der Waals surface area contributed by atoms with E-state index in [4.69, 9.17) is 52.4 Å². The van der Waals surface area contributed by atoms with E-state index in [1.54, 1.807) is 30.3 Å². The van der Waals surface area contributed by atoms with Gasteiger partial charge in [-0.15, -0.1) is 11.3 Å². The van der Waals surface area contributed by atoms with E-state index in [1.165, 1.54) is 15.9 Å². The molecule has 3 aliphatic rings. The molecular weight excluding hydrogens is 885 g/mol. The Labute approximate surface area is 374 Å². The topological polar surface area (TPSA) is 247 Å². The van der Waals surface area contributed by atoms with Gasteiger partial charge in [0.15, 0.2) is 47.4 Å². The molecule has 0 bridgehead atoms. The summed E-state index contributed by atoms with van der Waals surface area (Å²) in [6.45, 7) is 6.39. The molecule has 22 heteroatoms. The lowest BCUT2D eigenvalue weighted by Gasteiger charge is -2.48. The second-order valence-electron chi connectivity index (χ2n) is 15.0. The number of rotatable bonds is 14. The number of hydrogen-bond acceptors (Lipinski definition) is 21. The van der Waals surface area contributed by atoms with Crippen molar-refractivity contribution < 1.29 is 80.9 Å². The van der Waals surface area contributed by atoms with E-state index < -0.39 is 116 Å². The Kier molecular flexibility index (Phi) is 15.8. The summed E-state index contributed by atoms with van der Waals surface area (Å²) in [7, 11) is 0. The number of para-hydroxylation sites is 1. The van der Waals surface area contributed by atoms with Gasteiger partial charge in [0.1, 0.15) is 36.4 Å². The molecule has 0 saturated carbocycles. The van der Waals surface area contributed by atoms with Crippen LogP contribution >= 0.6 is 23.1 Å². The summed E-state index contributed by atoms with van der Waals surface area (Å²) >= 11 is 2.29. The number of aryl methyl sites for hydroxylation is 2. The van der Waals surface area contributed by atoms with E-state index in [-0.39, 0.29) is 10.7 Å². The molecule has 3 aromatic rings. The number of thioether (sulfide) groups is 1. The van der Waals surface area contributed by atoms with E-state index in [9.17, 15) is 38.4 Å². The summed E-state index contributed by atoms with van der Waals surface area (Å²) in [6, 6.07) is 8.75. The smallest absolute Gasteiger partial charge is 0.303 e. The van der Waals surface area contributed by atoms with Gasteiger partial charge < -0.3 is 47.4 Å². The summed E-state index contributed by atoms with van der Waals surface area (Å²) in [5.41, 5.74) is -0.276. The van der Waals surface area contributed by atoms with E-state index in [1.807, 2.05) is 0 Å². The van der Waals surface area contributed by atoms with Gasteiger partial charge in [-0.3, -0.25) is 42.9 Å². The van der Waals surface area contributed by atoms with E-state index in [2.05, 4.69) is 0 Å². The first-order valence-electron chi connectivity index (χ1n) is 20.3. The van der Waals surface area contributed by atoms with Crippen LogP contribution in [0.4, 0.5) is 0 Å². The highest BCUT2D eigenvalue weighted by Crippen LogP contribution is 2.41. The van der Waals surface area contributed by atoms with Crippen LogP contribution in [0.25, 0.3) is 15.9 Å². The van der Waals surface area contributed by atoms with Gasteiger partial charge in [-0.25, -0.2) is 4.98 Å². The van der Waals surface area contributed by atoms with Crippen LogP contribution < -0.4 is 5.56 Å². The van der Waals surface area contributed by atoms with Crippen LogP contribution in [0.2, 0.25) is 0 Å². The van der Waals surface area contributed by atoms with Gasteiger partial charge in [-0.2, -0.15) is 0 Å². The Morgan fingerprint density at radius 3 is 1.75 bits per heavy atom. The molecule has 0 N–H and O–H groups in total. The highest BCUT2D eigenvalue weighted by molar-refractivity contribution is 7.99. The Bertz CT molecular complexity index is 2320. The molecule has 2 aromatic heterocycles. The number of nitrogens with zero attached hydrogens (tertiary/aromatic N) is 2. The number of carbonyl (C=O) groups excluding carboxylic acids is 7. The van der Waals surface area contributed by atoms with Crippen molar-refractivity contribution in [1.82, 2.24) is 9.55 Å². The molecule has 6 rings (SSSR count). The van der Waals surface area contributed by atoms with Crippen LogP contribution in [0.3, 0.4) is 0 Å². The third-order valence-corrected chi connectivity index (χ3v) is 12.4. The summed E-state index contributed by atoms with van der Waals surface area (Å²) in [5, 5.41) is 0.619. The summed E-state index contributed by atoms with van der Waals surface area (Å²) in [4.78, 5) is 109. The molecule has 346 valence electrons. The largest absolute Gasteiger partial charge is 0.463 e. The summed E-state index contributed by atoms with van der Waals surface area (Å²) < 4.78 is 59.6. The first-order chi connectivity index (χ1) is 30.4. The maximum Gasteiger partial charge on any atom is 0.303 e. The average Bonchev–Trinajstić information content (AvgIpc) is 3.59. The Hall–Kier alpha value is -5.42. The van der Waals surface area contributed by atoms with Crippen molar-refractivity contribution in [3.8, 4) is 5.69 Å². The van der Waals surface area contributed by atoms with Crippen molar-refractivity contribution in [3.63, 3.8) is 0 Å². The Balaban J connectivity index is 1.48. The minimum Gasteiger partial charge on any atom is -0.463 e. The van der Waals surface area contributed by atoms with E-state index >= 15 is 0 Å². The zero-order valence-electron chi connectivity index (χ0n) is 36.0. The maximum absolute atomic E-state index is 14.6. The maximum atomic E-state index is 14.6. The lowest BCUT2D eigenvalue weighted by molar-refractivity contribution is -0.341. The van der Waals surface area contributed by atoms with Gasteiger partial charge in [-0.05, 0) is 43.4 Å².